The third-order valence-corrected chi connectivity index (χ3v) is 5.82. The van der Waals surface area contributed by atoms with Gasteiger partial charge in [0.25, 0.3) is 0 Å². The standard InChI is InChI=1S/C16H21N8O8P/c17-8(1-7-2-19-4-20-7)16(27)32-33(28,29)30-3-9-11(25)12(26)15(31-9)24-6-23-10-13(18)21-5-22-14(10)24/h2,4-6,8-9,11-12,15,25-26H,1,3,17H2,(H,19,20)(H,28,29)(H2,18,21,22). The summed E-state index contributed by atoms with van der Waals surface area (Å²) in [6.45, 7) is -0.727. The Kier molecular flexibility index (Phi) is 6.40. The number of nitrogens with one attached hydrogen (secondary N) is 1. The number of fused-ring (bicyclic) bond motifs is 1. The summed E-state index contributed by atoms with van der Waals surface area (Å²) in [5.41, 5.74) is 10.4. The lowest BCUT2D eigenvalue weighted by atomic mass is 10.1. The van der Waals surface area contributed by atoms with E-state index in [0.29, 0.717) is 5.69 Å². The molecule has 0 radical (unpaired) electrons. The Morgan fingerprint density at radius 3 is 2.91 bits per heavy atom. The van der Waals surface area contributed by atoms with Crippen molar-refractivity contribution in [3.05, 3.63) is 30.9 Å². The molecule has 0 saturated carbocycles. The number of hydrogen-bond donors (Lipinski definition) is 5. The number of ether oxygens (including phenoxy) is 1. The summed E-state index contributed by atoms with van der Waals surface area (Å²) in [6.07, 6.45) is -0.0246. The fourth-order valence-electron chi connectivity index (χ4n) is 3.27. The number of H-pyrrole nitrogens is 1. The topological polar surface area (TPSA) is 251 Å². The van der Waals surface area contributed by atoms with Crippen LogP contribution < -0.4 is 16.4 Å². The molecule has 4 rings (SSSR count). The number of hydrogen-bond acceptors (Lipinski definition) is 13. The summed E-state index contributed by atoms with van der Waals surface area (Å²) in [4.78, 5) is 42.6. The fraction of sp³-hybridized carbons (Fsp3) is 0.438. The number of rotatable bonds is 8. The number of phosphoric acid groups is 1. The summed E-state index contributed by atoms with van der Waals surface area (Å²) >= 11 is 0. The lowest BCUT2D eigenvalue weighted by Gasteiger charge is -2.25. The maximum absolute atomic E-state index is 12.1. The zero-order chi connectivity index (χ0) is 23.8. The van der Waals surface area contributed by atoms with E-state index in [9.17, 15) is 24.5 Å². The summed E-state index contributed by atoms with van der Waals surface area (Å²) < 4.78 is 28.1. The van der Waals surface area contributed by atoms with Crippen LogP contribution in [0.3, 0.4) is 0 Å². The maximum Gasteiger partial charge on any atom is 0.370 e. The molecule has 6 atom stereocenters. The molecule has 6 unspecified atom stereocenters. The predicted octanol–water partition coefficient (Wildman–Crippen LogP) is -3.37. The van der Waals surface area contributed by atoms with Crippen molar-refractivity contribution in [1.82, 2.24) is 29.5 Å². The number of nitrogens with two attached hydrogens (primary N) is 1. The lowest BCUT2D eigenvalue weighted by molar-refractivity contribution is -0.407. The van der Waals surface area contributed by atoms with E-state index in [1.165, 1.54) is 29.7 Å². The summed E-state index contributed by atoms with van der Waals surface area (Å²) in [6, 6.07) is -1.04. The van der Waals surface area contributed by atoms with Crippen LogP contribution in [0.5, 0.6) is 0 Å². The molecule has 17 heteroatoms. The number of aromatic nitrogens is 6. The van der Waals surface area contributed by atoms with Crippen LogP contribution in [-0.2, 0) is 29.6 Å². The van der Waals surface area contributed by atoms with Gasteiger partial charge in [0.2, 0.25) is 0 Å². The Balaban J connectivity index is 1.37. The van der Waals surface area contributed by atoms with Gasteiger partial charge in [-0.1, -0.05) is 0 Å². The number of aliphatic hydroxyl groups is 2. The van der Waals surface area contributed by atoms with Crippen molar-refractivity contribution < 1.29 is 44.0 Å². The second-order valence-corrected chi connectivity index (χ2v) is 8.60. The van der Waals surface area contributed by atoms with Crippen molar-refractivity contribution in [3.63, 3.8) is 0 Å². The minimum Gasteiger partial charge on any atom is -0.746 e. The minimum absolute atomic E-state index is 0.0735. The number of quaternary nitrogens is 1. The van der Waals surface area contributed by atoms with Gasteiger partial charge < -0.3 is 45.3 Å². The first kappa shape index (κ1) is 23.2. The first-order valence-electron chi connectivity index (χ1n) is 9.60. The van der Waals surface area contributed by atoms with Gasteiger partial charge in [0.1, 0.15) is 30.2 Å². The van der Waals surface area contributed by atoms with Crippen LogP contribution in [-0.4, -0.2) is 76.6 Å². The largest absolute Gasteiger partial charge is 0.746 e. The highest BCUT2D eigenvalue weighted by Crippen LogP contribution is 2.41. The average molecular weight is 484 g/mol. The van der Waals surface area contributed by atoms with Crippen molar-refractivity contribution in [3.8, 4) is 0 Å². The van der Waals surface area contributed by atoms with Crippen LogP contribution in [0.4, 0.5) is 5.82 Å². The van der Waals surface area contributed by atoms with E-state index >= 15 is 0 Å². The molecule has 8 N–H and O–H groups in total. The molecule has 1 aliphatic heterocycles. The molecule has 1 saturated heterocycles. The molecule has 178 valence electrons. The van der Waals surface area contributed by atoms with Gasteiger partial charge in [-0.15, -0.1) is 0 Å². The molecule has 4 heterocycles. The number of aliphatic hydroxyl groups excluding tert-OH is 2. The van der Waals surface area contributed by atoms with Crippen molar-refractivity contribution in [2.24, 2.45) is 0 Å². The predicted molar refractivity (Wildman–Crippen MR) is 104 cm³/mol. The van der Waals surface area contributed by atoms with Crippen LogP contribution in [0, 0.1) is 0 Å². The first-order valence-corrected chi connectivity index (χ1v) is 11.1. The van der Waals surface area contributed by atoms with E-state index in [4.69, 9.17) is 15.0 Å². The Labute approximate surface area is 185 Å². The number of anilines is 1. The molecule has 1 fully saturated rings. The number of nitrogens with zero attached hydrogens (tertiary/aromatic N) is 5. The second kappa shape index (κ2) is 9.11. The Morgan fingerprint density at radius 1 is 1.39 bits per heavy atom. The van der Waals surface area contributed by atoms with Crippen molar-refractivity contribution in [2.75, 3.05) is 12.3 Å². The van der Waals surface area contributed by atoms with Crippen LogP contribution >= 0.6 is 7.82 Å². The highest BCUT2D eigenvalue weighted by atomic mass is 31.2. The average Bonchev–Trinajstić information content (AvgIpc) is 3.48. The summed E-state index contributed by atoms with van der Waals surface area (Å²) in [5, 5.41) is 20.7. The molecule has 0 aliphatic carbocycles. The molecule has 33 heavy (non-hydrogen) atoms. The van der Waals surface area contributed by atoms with Gasteiger partial charge in [-0.3, -0.25) is 9.13 Å². The van der Waals surface area contributed by atoms with Gasteiger partial charge in [0, 0.05) is 11.9 Å². The third kappa shape index (κ3) is 4.86. The zero-order valence-electron chi connectivity index (χ0n) is 16.9. The van der Waals surface area contributed by atoms with Crippen LogP contribution in [0.15, 0.2) is 25.2 Å². The second-order valence-electron chi connectivity index (χ2n) is 7.26. The van der Waals surface area contributed by atoms with E-state index < -0.39 is 51.0 Å². The molecular weight excluding hydrogens is 463 g/mol. The third-order valence-electron chi connectivity index (χ3n) is 4.95. The fourth-order valence-corrected chi connectivity index (χ4v) is 4.03. The number of carbonyl (C=O) groups excluding carboxylic acids is 1. The van der Waals surface area contributed by atoms with Gasteiger partial charge in [0.05, 0.1) is 25.7 Å². The van der Waals surface area contributed by atoms with E-state index in [1.54, 1.807) is 0 Å². The highest BCUT2D eigenvalue weighted by Gasteiger charge is 2.45. The van der Waals surface area contributed by atoms with Crippen molar-refractivity contribution >= 4 is 30.8 Å². The maximum atomic E-state index is 12.1. The monoisotopic (exact) mass is 484 g/mol. The molecule has 0 bridgehead atoms. The Bertz CT molecular complexity index is 1170. The van der Waals surface area contributed by atoms with Crippen molar-refractivity contribution in [1.29, 1.82) is 0 Å². The molecule has 1 aliphatic rings. The minimum atomic E-state index is -5.11. The molecule has 0 aromatic carbocycles. The molecule has 3 aromatic heterocycles. The van der Waals surface area contributed by atoms with Crippen LogP contribution in [0.25, 0.3) is 11.2 Å². The van der Waals surface area contributed by atoms with Gasteiger partial charge in [0.15, 0.2) is 23.7 Å². The number of imidazole rings is 2. The SMILES string of the molecule is Nc1ncnc2c1ncn2C1OC(COP(=O)([O-])OC(=O)C([NH3+])Cc2cnc[nH]2)C(O)C1O. The van der Waals surface area contributed by atoms with Gasteiger partial charge >= 0.3 is 13.8 Å². The number of carbonyl (C=O) groups is 1. The summed E-state index contributed by atoms with van der Waals surface area (Å²) in [7, 11) is -5.11. The highest BCUT2D eigenvalue weighted by molar-refractivity contribution is 7.46. The molecule has 0 amide bonds. The van der Waals surface area contributed by atoms with Crippen LogP contribution in [0.1, 0.15) is 11.9 Å². The van der Waals surface area contributed by atoms with Gasteiger partial charge in [-0.25, -0.2) is 24.7 Å². The number of aromatic amines is 1. The zero-order valence-corrected chi connectivity index (χ0v) is 17.8. The smallest absolute Gasteiger partial charge is 0.370 e. The van der Waals surface area contributed by atoms with Crippen molar-refractivity contribution in [2.45, 2.75) is 37.0 Å². The quantitative estimate of drug-likeness (QED) is 0.196. The molecule has 3 aromatic rings. The Hall–Kier alpha value is -2.98. The van der Waals surface area contributed by atoms with E-state index in [-0.39, 0.29) is 23.4 Å². The van der Waals surface area contributed by atoms with Crippen LogP contribution in [0.2, 0.25) is 0 Å². The normalized spacial score (nSPS) is 25.7. The lowest BCUT2D eigenvalue weighted by Crippen LogP contribution is -2.66. The Morgan fingerprint density at radius 2 is 2.18 bits per heavy atom. The van der Waals surface area contributed by atoms with Gasteiger partial charge in [-0.05, 0) is 0 Å². The van der Waals surface area contributed by atoms with E-state index in [0.717, 1.165) is 0 Å². The molecule has 0 spiro atoms. The number of phosphoric ester groups is 1. The van der Waals surface area contributed by atoms with E-state index in [2.05, 4.69) is 35.2 Å². The van der Waals surface area contributed by atoms with Gasteiger partial charge in [-0.2, -0.15) is 0 Å². The summed E-state index contributed by atoms with van der Waals surface area (Å²) in [5.74, 6) is -1.02. The first-order chi connectivity index (χ1) is 15.7. The number of nitrogen functional groups attached to an aromatic ring is 1. The van der Waals surface area contributed by atoms with E-state index in [1.807, 2.05) is 0 Å². The molecule has 16 nitrogen and oxygen atoms in total. The molecular formula is C16H21N8O8P.